The van der Waals surface area contributed by atoms with Gasteiger partial charge in [-0.1, -0.05) is 24.6 Å². The normalized spacial score (nSPS) is 11.1. The molecule has 4 aromatic rings. The lowest BCUT2D eigenvalue weighted by molar-refractivity contribution is 0.628. The van der Waals surface area contributed by atoms with Crippen LogP contribution in [0.25, 0.3) is 16.7 Å². The summed E-state index contributed by atoms with van der Waals surface area (Å²) in [6.45, 7) is 3.91. The van der Waals surface area contributed by atoms with Crippen LogP contribution < -0.4 is 5.32 Å². The van der Waals surface area contributed by atoms with Gasteiger partial charge in [-0.25, -0.2) is 19.0 Å². The molecule has 4 rings (SSSR count). The van der Waals surface area contributed by atoms with Gasteiger partial charge in [-0.15, -0.1) is 0 Å². The quantitative estimate of drug-likeness (QED) is 0.526. The van der Waals surface area contributed by atoms with Gasteiger partial charge < -0.3 is 5.32 Å². The van der Waals surface area contributed by atoms with Crippen molar-refractivity contribution in [3.63, 3.8) is 0 Å². The Balaban J connectivity index is 1.90. The molecule has 0 aliphatic heterocycles. The fraction of sp³-hybridized carbons (Fsp3) is 0.150. The van der Waals surface area contributed by atoms with E-state index in [1.54, 1.807) is 16.8 Å². The molecule has 7 heteroatoms. The number of aryl methyl sites for hydroxylation is 2. The summed E-state index contributed by atoms with van der Waals surface area (Å²) in [5, 5.41) is 9.36. The van der Waals surface area contributed by atoms with Gasteiger partial charge in [0.15, 0.2) is 5.65 Å². The molecule has 2 aromatic heterocycles. The number of benzene rings is 2. The molecule has 0 aliphatic rings. The van der Waals surface area contributed by atoms with Gasteiger partial charge in [0.1, 0.15) is 17.5 Å². The zero-order valence-electron chi connectivity index (χ0n) is 14.9. The summed E-state index contributed by atoms with van der Waals surface area (Å²) >= 11 is 6.15. The monoisotopic (exact) mass is 381 g/mol. The maximum atomic E-state index is 13.2. The summed E-state index contributed by atoms with van der Waals surface area (Å²) in [5.74, 6) is 1.05. The highest BCUT2D eigenvalue weighted by molar-refractivity contribution is 6.30. The Labute approximate surface area is 160 Å². The van der Waals surface area contributed by atoms with E-state index in [9.17, 15) is 4.39 Å². The van der Waals surface area contributed by atoms with Gasteiger partial charge >= 0.3 is 0 Å². The van der Waals surface area contributed by atoms with E-state index >= 15 is 0 Å². The van der Waals surface area contributed by atoms with Gasteiger partial charge in [0.25, 0.3) is 0 Å². The van der Waals surface area contributed by atoms with Crippen LogP contribution in [0.15, 0.2) is 48.5 Å². The van der Waals surface area contributed by atoms with Crippen molar-refractivity contribution in [2.45, 2.75) is 20.3 Å². The van der Waals surface area contributed by atoms with E-state index in [1.807, 2.05) is 38.1 Å². The zero-order chi connectivity index (χ0) is 19.0. The molecule has 0 saturated carbocycles. The predicted octanol–water partition coefficient (Wildman–Crippen LogP) is 5.22. The first-order valence-electron chi connectivity index (χ1n) is 8.60. The van der Waals surface area contributed by atoms with Crippen molar-refractivity contribution < 1.29 is 4.39 Å². The molecule has 0 bridgehead atoms. The molecule has 0 atom stereocenters. The van der Waals surface area contributed by atoms with Gasteiger partial charge in [0.05, 0.1) is 16.8 Å². The molecule has 0 aliphatic carbocycles. The Hall–Kier alpha value is -2.99. The fourth-order valence-electron chi connectivity index (χ4n) is 2.93. The van der Waals surface area contributed by atoms with Crippen LogP contribution >= 0.6 is 11.6 Å². The van der Waals surface area contributed by atoms with Crippen molar-refractivity contribution in [1.29, 1.82) is 0 Å². The SMILES string of the molecule is CCc1nc(Nc2ccc(F)cc2)c2c(C)nn(-c3cccc(Cl)c3)c2n1. The highest BCUT2D eigenvalue weighted by atomic mass is 35.5. The topological polar surface area (TPSA) is 55.6 Å². The van der Waals surface area contributed by atoms with E-state index in [0.717, 1.165) is 22.5 Å². The minimum Gasteiger partial charge on any atom is -0.339 e. The zero-order valence-corrected chi connectivity index (χ0v) is 15.6. The van der Waals surface area contributed by atoms with Crippen LogP contribution in [0, 0.1) is 12.7 Å². The first-order valence-corrected chi connectivity index (χ1v) is 8.97. The van der Waals surface area contributed by atoms with E-state index in [1.165, 1.54) is 12.1 Å². The van der Waals surface area contributed by atoms with Crippen molar-refractivity contribution in [2.24, 2.45) is 0 Å². The minimum atomic E-state index is -0.285. The molecule has 2 aromatic carbocycles. The van der Waals surface area contributed by atoms with E-state index < -0.39 is 0 Å². The number of nitrogens with zero attached hydrogens (tertiary/aromatic N) is 4. The number of rotatable bonds is 4. The lowest BCUT2D eigenvalue weighted by Gasteiger charge is -2.10. The second kappa shape index (κ2) is 6.96. The van der Waals surface area contributed by atoms with Crippen LogP contribution in [0.1, 0.15) is 18.4 Å². The summed E-state index contributed by atoms with van der Waals surface area (Å²) in [5.41, 5.74) is 3.06. The van der Waals surface area contributed by atoms with Crippen molar-refractivity contribution in [3.8, 4) is 5.69 Å². The van der Waals surface area contributed by atoms with E-state index in [2.05, 4.69) is 20.4 Å². The summed E-state index contributed by atoms with van der Waals surface area (Å²) in [4.78, 5) is 9.31. The molecule has 0 unspecified atom stereocenters. The number of fused-ring (bicyclic) bond motifs is 1. The van der Waals surface area contributed by atoms with Crippen molar-refractivity contribution in [3.05, 3.63) is 70.9 Å². The standard InChI is InChI=1S/C20H17ClFN5/c1-3-17-24-19(23-15-9-7-14(22)8-10-15)18-12(2)26-27(20(18)25-17)16-6-4-5-13(21)11-16/h4-11H,3H2,1-2H3,(H,23,24,25). The molecule has 136 valence electrons. The largest absolute Gasteiger partial charge is 0.339 e. The Bertz CT molecular complexity index is 1120. The molecule has 0 saturated heterocycles. The summed E-state index contributed by atoms with van der Waals surface area (Å²) < 4.78 is 15.0. The smallest absolute Gasteiger partial charge is 0.168 e. The molecule has 5 nitrogen and oxygen atoms in total. The van der Waals surface area contributed by atoms with Crippen LogP contribution in [0.4, 0.5) is 15.9 Å². The third kappa shape index (κ3) is 3.36. The Morgan fingerprint density at radius 3 is 2.59 bits per heavy atom. The molecule has 0 fully saturated rings. The predicted molar refractivity (Wildman–Crippen MR) is 105 cm³/mol. The molecule has 0 radical (unpaired) electrons. The number of halogens is 2. The van der Waals surface area contributed by atoms with Crippen molar-refractivity contribution >= 4 is 34.1 Å². The van der Waals surface area contributed by atoms with Gasteiger partial charge in [0.2, 0.25) is 0 Å². The Kier molecular flexibility index (Phi) is 4.49. The number of hydrogen-bond acceptors (Lipinski definition) is 4. The maximum Gasteiger partial charge on any atom is 0.168 e. The maximum absolute atomic E-state index is 13.2. The molecule has 27 heavy (non-hydrogen) atoms. The van der Waals surface area contributed by atoms with Gasteiger partial charge in [-0.2, -0.15) is 5.10 Å². The Morgan fingerprint density at radius 1 is 1.11 bits per heavy atom. The lowest BCUT2D eigenvalue weighted by Crippen LogP contribution is -2.03. The molecular weight excluding hydrogens is 365 g/mol. The molecule has 2 heterocycles. The first kappa shape index (κ1) is 17.4. The molecule has 0 spiro atoms. The van der Waals surface area contributed by atoms with E-state index in [-0.39, 0.29) is 5.82 Å². The van der Waals surface area contributed by atoms with E-state index in [4.69, 9.17) is 11.6 Å². The Morgan fingerprint density at radius 2 is 1.89 bits per heavy atom. The van der Waals surface area contributed by atoms with Crippen LogP contribution in [0.5, 0.6) is 0 Å². The summed E-state index contributed by atoms with van der Waals surface area (Å²) in [6.07, 6.45) is 0.674. The number of aromatic nitrogens is 4. The van der Waals surface area contributed by atoms with Crippen LogP contribution in [-0.2, 0) is 6.42 Å². The van der Waals surface area contributed by atoms with Crippen LogP contribution in [0.2, 0.25) is 5.02 Å². The fourth-order valence-corrected chi connectivity index (χ4v) is 3.12. The molecular formula is C20H17ClFN5. The summed E-state index contributed by atoms with van der Waals surface area (Å²) in [7, 11) is 0. The number of anilines is 2. The molecule has 1 N–H and O–H groups in total. The van der Waals surface area contributed by atoms with Crippen molar-refractivity contribution in [1.82, 2.24) is 19.7 Å². The lowest BCUT2D eigenvalue weighted by atomic mass is 10.2. The minimum absolute atomic E-state index is 0.285. The second-order valence-electron chi connectivity index (χ2n) is 6.15. The average molecular weight is 382 g/mol. The van der Waals surface area contributed by atoms with Gasteiger partial charge in [0, 0.05) is 17.1 Å². The van der Waals surface area contributed by atoms with Gasteiger partial charge in [-0.3, -0.25) is 0 Å². The van der Waals surface area contributed by atoms with E-state index in [0.29, 0.717) is 28.7 Å². The van der Waals surface area contributed by atoms with Crippen molar-refractivity contribution in [2.75, 3.05) is 5.32 Å². The number of nitrogens with one attached hydrogen (secondary N) is 1. The highest BCUT2D eigenvalue weighted by Crippen LogP contribution is 2.29. The van der Waals surface area contributed by atoms with Crippen LogP contribution in [-0.4, -0.2) is 19.7 Å². The molecule has 0 amide bonds. The second-order valence-corrected chi connectivity index (χ2v) is 6.59. The third-order valence-corrected chi connectivity index (χ3v) is 4.46. The summed E-state index contributed by atoms with van der Waals surface area (Å²) in [6, 6.07) is 13.6. The number of hydrogen-bond donors (Lipinski definition) is 1. The van der Waals surface area contributed by atoms with Crippen LogP contribution in [0.3, 0.4) is 0 Å². The first-order chi connectivity index (χ1) is 13.0. The highest BCUT2D eigenvalue weighted by Gasteiger charge is 2.17. The average Bonchev–Trinajstić information content (AvgIpc) is 3.00. The van der Waals surface area contributed by atoms with Gasteiger partial charge in [-0.05, 0) is 49.4 Å². The third-order valence-electron chi connectivity index (χ3n) is 4.22.